The molecule has 0 saturated heterocycles. The third kappa shape index (κ3) is 3.94. The van der Waals surface area contributed by atoms with Crippen molar-refractivity contribution in [2.45, 2.75) is 26.2 Å². The lowest BCUT2D eigenvalue weighted by Gasteiger charge is -2.24. The van der Waals surface area contributed by atoms with Gasteiger partial charge in [-0.1, -0.05) is 12.1 Å². The van der Waals surface area contributed by atoms with Crippen molar-refractivity contribution in [3.05, 3.63) is 29.8 Å². The number of aryl methyl sites for hydroxylation is 1. The molecule has 1 aliphatic carbocycles. The maximum atomic E-state index is 12.5. The number of nitrogens with zero attached hydrogens (tertiary/aromatic N) is 1. The average Bonchev–Trinajstić information content (AvgIpc) is 3.12. The van der Waals surface area contributed by atoms with Gasteiger partial charge in [-0.05, 0) is 56.3 Å². The third-order valence-corrected chi connectivity index (χ3v) is 5.29. The second-order valence-electron chi connectivity index (χ2n) is 5.28. The lowest BCUT2D eigenvalue weighted by molar-refractivity contribution is 0.585. The van der Waals surface area contributed by atoms with Crippen molar-refractivity contribution in [2.75, 3.05) is 23.1 Å². The third-order valence-electron chi connectivity index (χ3n) is 3.33. The molecule has 0 unspecified atom stereocenters. The molecule has 19 heavy (non-hydrogen) atoms. The van der Waals surface area contributed by atoms with Crippen LogP contribution in [0.15, 0.2) is 24.3 Å². The predicted octanol–water partition coefficient (Wildman–Crippen LogP) is 1.89. The van der Waals surface area contributed by atoms with Crippen LogP contribution in [0.3, 0.4) is 0 Å². The number of benzene rings is 1. The van der Waals surface area contributed by atoms with E-state index in [1.165, 1.54) is 4.31 Å². The second-order valence-corrected chi connectivity index (χ2v) is 7.21. The molecular formula is C14H22N2O2S. The minimum atomic E-state index is -3.22. The lowest BCUT2D eigenvalue weighted by atomic mass is 10.2. The van der Waals surface area contributed by atoms with Gasteiger partial charge >= 0.3 is 0 Å². The summed E-state index contributed by atoms with van der Waals surface area (Å²) in [5.74, 6) is 0.626. The van der Waals surface area contributed by atoms with Crippen molar-refractivity contribution in [2.24, 2.45) is 11.7 Å². The first-order valence-corrected chi connectivity index (χ1v) is 8.41. The summed E-state index contributed by atoms with van der Waals surface area (Å²) in [6, 6.07) is 7.64. The fraction of sp³-hybridized carbons (Fsp3) is 0.571. The molecule has 0 radical (unpaired) electrons. The second kappa shape index (κ2) is 5.92. The van der Waals surface area contributed by atoms with Gasteiger partial charge in [0.25, 0.3) is 0 Å². The average molecular weight is 282 g/mol. The van der Waals surface area contributed by atoms with E-state index in [0.717, 1.165) is 24.1 Å². The highest BCUT2D eigenvalue weighted by molar-refractivity contribution is 7.92. The molecule has 5 heteroatoms. The smallest absolute Gasteiger partial charge is 0.235 e. The fourth-order valence-corrected chi connectivity index (χ4v) is 4.07. The van der Waals surface area contributed by atoms with E-state index in [1.54, 1.807) is 0 Å². The van der Waals surface area contributed by atoms with Gasteiger partial charge < -0.3 is 5.73 Å². The summed E-state index contributed by atoms with van der Waals surface area (Å²) in [6.07, 6.45) is 2.76. The van der Waals surface area contributed by atoms with E-state index in [4.69, 9.17) is 5.73 Å². The van der Waals surface area contributed by atoms with Crippen LogP contribution >= 0.6 is 0 Å². The highest BCUT2D eigenvalue weighted by atomic mass is 32.2. The maximum Gasteiger partial charge on any atom is 0.235 e. The molecule has 106 valence electrons. The molecule has 0 bridgehead atoms. The SMILES string of the molecule is Cc1cccc(N(CCCN)S(=O)(=O)CC2CC2)c1. The van der Waals surface area contributed by atoms with E-state index in [2.05, 4.69) is 0 Å². The van der Waals surface area contributed by atoms with Crippen molar-refractivity contribution in [1.82, 2.24) is 0 Å². The van der Waals surface area contributed by atoms with Gasteiger partial charge in [0.1, 0.15) is 0 Å². The molecule has 1 aromatic carbocycles. The zero-order valence-electron chi connectivity index (χ0n) is 11.4. The molecule has 0 aromatic heterocycles. The molecule has 1 fully saturated rings. The molecule has 0 amide bonds. The first-order valence-electron chi connectivity index (χ1n) is 6.80. The van der Waals surface area contributed by atoms with Crippen molar-refractivity contribution >= 4 is 15.7 Å². The summed E-state index contributed by atoms with van der Waals surface area (Å²) in [4.78, 5) is 0. The first kappa shape index (κ1) is 14.3. The van der Waals surface area contributed by atoms with E-state index in [1.807, 2.05) is 31.2 Å². The monoisotopic (exact) mass is 282 g/mol. The van der Waals surface area contributed by atoms with E-state index >= 15 is 0 Å². The van der Waals surface area contributed by atoms with Crippen LogP contribution in [-0.4, -0.2) is 27.3 Å². The van der Waals surface area contributed by atoms with Crippen LogP contribution in [0.2, 0.25) is 0 Å². The summed E-state index contributed by atoms with van der Waals surface area (Å²) in [5, 5.41) is 0. The first-order chi connectivity index (χ1) is 9.03. The van der Waals surface area contributed by atoms with Crippen LogP contribution in [0.5, 0.6) is 0 Å². The topological polar surface area (TPSA) is 63.4 Å². The summed E-state index contributed by atoms with van der Waals surface area (Å²) in [7, 11) is -3.22. The number of hydrogen-bond acceptors (Lipinski definition) is 3. The Bertz CT molecular complexity index is 524. The Morgan fingerprint density at radius 2 is 2.11 bits per heavy atom. The molecule has 2 N–H and O–H groups in total. The minimum Gasteiger partial charge on any atom is -0.330 e. The molecule has 4 nitrogen and oxygen atoms in total. The molecular weight excluding hydrogens is 260 g/mol. The van der Waals surface area contributed by atoms with Gasteiger partial charge in [-0.2, -0.15) is 0 Å². The van der Waals surface area contributed by atoms with E-state index < -0.39 is 10.0 Å². The zero-order valence-corrected chi connectivity index (χ0v) is 12.2. The van der Waals surface area contributed by atoms with Crippen molar-refractivity contribution in [3.63, 3.8) is 0 Å². The summed E-state index contributed by atoms with van der Waals surface area (Å²) in [5.41, 5.74) is 7.35. The molecule has 1 saturated carbocycles. The molecule has 2 rings (SSSR count). The predicted molar refractivity (Wildman–Crippen MR) is 78.7 cm³/mol. The van der Waals surface area contributed by atoms with Crippen LogP contribution in [0.4, 0.5) is 5.69 Å². The van der Waals surface area contributed by atoms with Crippen LogP contribution in [0.1, 0.15) is 24.8 Å². The van der Waals surface area contributed by atoms with Gasteiger partial charge in [-0.3, -0.25) is 4.31 Å². The number of rotatable bonds is 7. The van der Waals surface area contributed by atoms with E-state index in [9.17, 15) is 8.42 Å². The van der Waals surface area contributed by atoms with Gasteiger partial charge in [0.05, 0.1) is 11.4 Å². The van der Waals surface area contributed by atoms with Crippen molar-refractivity contribution in [1.29, 1.82) is 0 Å². The van der Waals surface area contributed by atoms with Crippen LogP contribution in [0.25, 0.3) is 0 Å². The van der Waals surface area contributed by atoms with Crippen molar-refractivity contribution in [3.8, 4) is 0 Å². The summed E-state index contributed by atoms with van der Waals surface area (Å²) < 4.78 is 26.5. The summed E-state index contributed by atoms with van der Waals surface area (Å²) in [6.45, 7) is 2.94. The molecule has 0 spiro atoms. The quantitative estimate of drug-likeness (QED) is 0.830. The fourth-order valence-electron chi connectivity index (χ4n) is 2.12. The summed E-state index contributed by atoms with van der Waals surface area (Å²) >= 11 is 0. The lowest BCUT2D eigenvalue weighted by Crippen LogP contribution is -2.35. The number of anilines is 1. The maximum absolute atomic E-state index is 12.5. The molecule has 0 atom stereocenters. The Morgan fingerprint density at radius 1 is 1.37 bits per heavy atom. The van der Waals surface area contributed by atoms with Crippen molar-refractivity contribution < 1.29 is 8.42 Å². The zero-order chi connectivity index (χ0) is 13.9. The highest BCUT2D eigenvalue weighted by Crippen LogP contribution is 2.32. The number of nitrogens with two attached hydrogens (primary N) is 1. The number of sulfonamides is 1. The Morgan fingerprint density at radius 3 is 2.68 bits per heavy atom. The molecule has 0 heterocycles. The van der Waals surface area contributed by atoms with Gasteiger partial charge in [-0.25, -0.2) is 8.42 Å². The Labute approximate surface area is 115 Å². The van der Waals surface area contributed by atoms with Crippen LogP contribution < -0.4 is 10.0 Å². The Balaban J connectivity index is 2.23. The van der Waals surface area contributed by atoms with E-state index in [-0.39, 0.29) is 5.75 Å². The Kier molecular flexibility index (Phi) is 4.47. The molecule has 1 aromatic rings. The van der Waals surface area contributed by atoms with E-state index in [0.29, 0.717) is 25.4 Å². The Hall–Kier alpha value is -1.07. The number of hydrogen-bond donors (Lipinski definition) is 1. The highest BCUT2D eigenvalue weighted by Gasteiger charge is 2.31. The van der Waals surface area contributed by atoms with Crippen LogP contribution in [-0.2, 0) is 10.0 Å². The largest absolute Gasteiger partial charge is 0.330 e. The van der Waals surface area contributed by atoms with Gasteiger partial charge in [0, 0.05) is 6.54 Å². The van der Waals surface area contributed by atoms with Gasteiger partial charge in [0.2, 0.25) is 10.0 Å². The minimum absolute atomic E-state index is 0.269. The van der Waals surface area contributed by atoms with Crippen LogP contribution in [0, 0.1) is 12.8 Å². The standard InChI is InChI=1S/C14H22N2O2S/c1-12-4-2-5-14(10-12)16(9-3-8-15)19(17,18)11-13-6-7-13/h2,4-5,10,13H,3,6-9,11,15H2,1H3. The molecule has 1 aliphatic rings. The normalized spacial score (nSPS) is 15.5. The molecule has 0 aliphatic heterocycles. The van der Waals surface area contributed by atoms with Gasteiger partial charge in [0.15, 0.2) is 0 Å². The van der Waals surface area contributed by atoms with Gasteiger partial charge in [-0.15, -0.1) is 0 Å².